The first-order valence-corrected chi connectivity index (χ1v) is 7.95. The number of carbonyl (C=O) groups is 1. The fourth-order valence-electron chi connectivity index (χ4n) is 2.32. The van der Waals surface area contributed by atoms with Gasteiger partial charge in [0.25, 0.3) is 5.91 Å². The Kier molecular flexibility index (Phi) is 5.44. The maximum Gasteiger partial charge on any atom is 0.573 e. The minimum Gasteiger partial charge on any atom is -0.406 e. The van der Waals surface area contributed by atoms with Crippen molar-refractivity contribution in [3.63, 3.8) is 0 Å². The van der Waals surface area contributed by atoms with E-state index >= 15 is 0 Å². The fourth-order valence-corrected chi connectivity index (χ4v) is 2.32. The summed E-state index contributed by atoms with van der Waals surface area (Å²) in [6.07, 6.45) is -3.35. The Morgan fingerprint density at radius 2 is 1.68 bits per heavy atom. The first-order chi connectivity index (χ1) is 13.3. The molecule has 0 radical (unpaired) electrons. The molecule has 0 spiro atoms. The van der Waals surface area contributed by atoms with E-state index in [0.717, 1.165) is 12.1 Å². The highest BCUT2D eigenvalue weighted by Gasteiger charge is 2.31. The summed E-state index contributed by atoms with van der Waals surface area (Å²) in [5, 5.41) is 5.29. The van der Waals surface area contributed by atoms with Crippen molar-refractivity contribution in [2.24, 2.45) is 0 Å². The number of aromatic nitrogens is 1. The number of nitrogens with zero attached hydrogens (tertiary/aromatic N) is 1. The molecule has 3 aromatic rings. The average molecular weight is 391 g/mol. The van der Waals surface area contributed by atoms with Crippen molar-refractivity contribution in [3.05, 3.63) is 78.2 Å². The number of ether oxygens (including phenoxy) is 1. The molecule has 1 amide bonds. The van der Waals surface area contributed by atoms with Gasteiger partial charge in [-0.15, -0.1) is 13.2 Å². The highest BCUT2D eigenvalue weighted by molar-refractivity contribution is 6.07. The minimum absolute atomic E-state index is 0.0101. The maximum absolute atomic E-state index is 13.7. The van der Waals surface area contributed by atoms with Crippen LogP contribution in [0.5, 0.6) is 5.75 Å². The van der Waals surface area contributed by atoms with Gasteiger partial charge in [0.05, 0.1) is 11.3 Å². The van der Waals surface area contributed by atoms with Gasteiger partial charge in [-0.2, -0.15) is 0 Å². The number of para-hydroxylation sites is 1. The number of benzene rings is 2. The lowest BCUT2D eigenvalue weighted by molar-refractivity contribution is -0.274. The number of nitrogens with one attached hydrogen (secondary N) is 2. The number of amides is 1. The van der Waals surface area contributed by atoms with Crippen LogP contribution >= 0.6 is 0 Å². The summed E-state index contributed by atoms with van der Waals surface area (Å²) in [5.74, 6) is -1.41. The van der Waals surface area contributed by atoms with E-state index in [1.54, 1.807) is 6.07 Å². The lowest BCUT2D eigenvalue weighted by Gasteiger charge is -2.13. The molecule has 0 atom stereocenters. The van der Waals surface area contributed by atoms with Gasteiger partial charge in [0, 0.05) is 11.9 Å². The van der Waals surface area contributed by atoms with Crippen LogP contribution in [0.1, 0.15) is 10.4 Å². The normalized spacial score (nSPS) is 11.0. The summed E-state index contributed by atoms with van der Waals surface area (Å²) in [4.78, 5) is 16.5. The van der Waals surface area contributed by atoms with Gasteiger partial charge in [0.15, 0.2) is 0 Å². The van der Waals surface area contributed by atoms with Gasteiger partial charge in [-0.3, -0.25) is 4.79 Å². The summed E-state index contributed by atoms with van der Waals surface area (Å²) in [6.45, 7) is 0. The second-order valence-corrected chi connectivity index (χ2v) is 5.53. The molecular weight excluding hydrogens is 378 g/mol. The van der Waals surface area contributed by atoms with Crippen molar-refractivity contribution in [1.82, 2.24) is 4.98 Å². The van der Waals surface area contributed by atoms with Crippen molar-refractivity contribution in [3.8, 4) is 5.75 Å². The topological polar surface area (TPSA) is 63.2 Å². The van der Waals surface area contributed by atoms with Gasteiger partial charge in [-0.1, -0.05) is 12.1 Å². The predicted molar refractivity (Wildman–Crippen MR) is 95.0 cm³/mol. The zero-order valence-corrected chi connectivity index (χ0v) is 14.1. The number of pyridine rings is 1. The summed E-state index contributed by atoms with van der Waals surface area (Å²) < 4.78 is 54.2. The SMILES string of the molecule is O=C(Nc1ccccc1F)c1cccnc1Nc1ccc(OC(F)(F)F)cc1. The number of alkyl halides is 3. The molecule has 0 aliphatic heterocycles. The Morgan fingerprint density at radius 3 is 2.36 bits per heavy atom. The van der Waals surface area contributed by atoms with E-state index in [-0.39, 0.29) is 22.8 Å². The zero-order chi connectivity index (χ0) is 20.1. The number of anilines is 3. The summed E-state index contributed by atoms with van der Waals surface area (Å²) in [7, 11) is 0. The third-order valence-electron chi connectivity index (χ3n) is 3.53. The molecule has 5 nitrogen and oxygen atoms in total. The minimum atomic E-state index is -4.78. The van der Waals surface area contributed by atoms with Crippen LogP contribution in [0.25, 0.3) is 0 Å². The molecule has 0 saturated carbocycles. The molecule has 144 valence electrons. The summed E-state index contributed by atoms with van der Waals surface area (Å²) >= 11 is 0. The molecular formula is C19H13F4N3O2. The van der Waals surface area contributed by atoms with E-state index in [0.29, 0.717) is 5.69 Å². The Hall–Kier alpha value is -3.62. The number of hydrogen-bond acceptors (Lipinski definition) is 4. The van der Waals surface area contributed by atoms with E-state index in [1.165, 1.54) is 48.7 Å². The monoisotopic (exact) mass is 391 g/mol. The Balaban J connectivity index is 1.77. The number of hydrogen-bond donors (Lipinski definition) is 2. The standard InChI is InChI=1S/C19H13F4N3O2/c20-15-5-1-2-6-16(15)26-18(27)14-4-3-11-24-17(14)25-12-7-9-13(10-8-12)28-19(21,22)23/h1-11H,(H,24,25)(H,26,27). The molecule has 1 aromatic heterocycles. The molecule has 0 unspecified atom stereocenters. The average Bonchev–Trinajstić information content (AvgIpc) is 2.64. The Bertz CT molecular complexity index is 975. The van der Waals surface area contributed by atoms with Crippen molar-refractivity contribution in [2.45, 2.75) is 6.36 Å². The highest BCUT2D eigenvalue weighted by atomic mass is 19.4. The molecule has 1 heterocycles. The zero-order valence-electron chi connectivity index (χ0n) is 14.1. The maximum atomic E-state index is 13.7. The van der Waals surface area contributed by atoms with E-state index in [2.05, 4.69) is 20.4 Å². The van der Waals surface area contributed by atoms with Crippen LogP contribution in [0.2, 0.25) is 0 Å². The summed E-state index contributed by atoms with van der Waals surface area (Å²) in [5.41, 5.74) is 0.519. The number of rotatable bonds is 5. The van der Waals surface area contributed by atoms with E-state index in [1.807, 2.05) is 0 Å². The molecule has 0 bridgehead atoms. The molecule has 9 heteroatoms. The summed E-state index contributed by atoms with van der Waals surface area (Å²) in [6, 6.07) is 13.6. The van der Waals surface area contributed by atoms with Crippen LogP contribution < -0.4 is 15.4 Å². The highest BCUT2D eigenvalue weighted by Crippen LogP contribution is 2.26. The van der Waals surface area contributed by atoms with Gasteiger partial charge >= 0.3 is 6.36 Å². The van der Waals surface area contributed by atoms with Crippen LogP contribution in [-0.4, -0.2) is 17.3 Å². The van der Waals surface area contributed by atoms with Gasteiger partial charge in [-0.05, 0) is 48.5 Å². The largest absolute Gasteiger partial charge is 0.573 e. The smallest absolute Gasteiger partial charge is 0.406 e. The van der Waals surface area contributed by atoms with Crippen LogP contribution in [0.15, 0.2) is 66.9 Å². The van der Waals surface area contributed by atoms with Crippen molar-refractivity contribution < 1.29 is 27.1 Å². The van der Waals surface area contributed by atoms with Crippen LogP contribution in [0.4, 0.5) is 34.8 Å². The quantitative estimate of drug-likeness (QED) is 0.593. The van der Waals surface area contributed by atoms with Gasteiger partial charge in [-0.25, -0.2) is 9.37 Å². The van der Waals surface area contributed by atoms with Crippen molar-refractivity contribution in [2.75, 3.05) is 10.6 Å². The molecule has 3 rings (SSSR count). The molecule has 0 saturated heterocycles. The number of halogens is 4. The fraction of sp³-hybridized carbons (Fsp3) is 0.0526. The van der Waals surface area contributed by atoms with Gasteiger partial charge in [0.2, 0.25) is 0 Å². The second-order valence-electron chi connectivity index (χ2n) is 5.53. The van der Waals surface area contributed by atoms with Crippen molar-refractivity contribution >= 4 is 23.1 Å². The lowest BCUT2D eigenvalue weighted by Crippen LogP contribution is -2.17. The lowest BCUT2D eigenvalue weighted by atomic mass is 10.2. The van der Waals surface area contributed by atoms with Crippen molar-refractivity contribution in [1.29, 1.82) is 0 Å². The van der Waals surface area contributed by atoms with Crippen LogP contribution in [0, 0.1) is 5.82 Å². The second kappa shape index (κ2) is 7.95. The Morgan fingerprint density at radius 1 is 0.964 bits per heavy atom. The first kappa shape index (κ1) is 19.2. The molecule has 28 heavy (non-hydrogen) atoms. The van der Waals surface area contributed by atoms with E-state index in [9.17, 15) is 22.4 Å². The van der Waals surface area contributed by atoms with Crippen LogP contribution in [0.3, 0.4) is 0 Å². The van der Waals surface area contributed by atoms with E-state index < -0.39 is 18.1 Å². The van der Waals surface area contributed by atoms with Gasteiger partial charge in [0.1, 0.15) is 17.4 Å². The number of carbonyl (C=O) groups excluding carboxylic acids is 1. The predicted octanol–water partition coefficient (Wildman–Crippen LogP) is 5.12. The third-order valence-corrected chi connectivity index (χ3v) is 3.53. The molecule has 2 aromatic carbocycles. The molecule has 2 N–H and O–H groups in total. The third kappa shape index (κ3) is 4.97. The molecule has 0 aliphatic rings. The Labute approximate surface area is 157 Å². The van der Waals surface area contributed by atoms with Gasteiger partial charge < -0.3 is 15.4 Å². The molecule has 0 aliphatic carbocycles. The molecule has 0 fully saturated rings. The van der Waals surface area contributed by atoms with Crippen LogP contribution in [-0.2, 0) is 0 Å². The van der Waals surface area contributed by atoms with E-state index in [4.69, 9.17) is 0 Å². The first-order valence-electron chi connectivity index (χ1n) is 7.95.